The van der Waals surface area contributed by atoms with Crippen molar-refractivity contribution in [1.29, 1.82) is 0 Å². The Morgan fingerprint density at radius 2 is 1.69 bits per heavy atom. The van der Waals surface area contributed by atoms with Crippen LogP contribution < -0.4 is 0 Å². The predicted octanol–water partition coefficient (Wildman–Crippen LogP) is 4.30. The quantitative estimate of drug-likeness (QED) is 0.709. The van der Waals surface area contributed by atoms with Crippen LogP contribution in [0.25, 0.3) is 17.0 Å². The molecule has 150 valence electrons. The molecule has 1 aliphatic rings. The average molecular weight is 388 g/mol. The number of para-hydroxylation sites is 1. The summed E-state index contributed by atoms with van der Waals surface area (Å²) < 4.78 is 0. The third kappa shape index (κ3) is 4.13. The van der Waals surface area contributed by atoms with Crippen molar-refractivity contribution in [1.82, 2.24) is 14.8 Å². The zero-order valence-electron chi connectivity index (χ0n) is 17.3. The van der Waals surface area contributed by atoms with E-state index in [-0.39, 0.29) is 5.91 Å². The molecule has 2 aromatic carbocycles. The Bertz CT molecular complexity index is 995. The number of nitrogens with one attached hydrogen (secondary N) is 1. The van der Waals surface area contributed by atoms with Gasteiger partial charge in [0.15, 0.2) is 0 Å². The number of aromatic amines is 1. The minimum absolute atomic E-state index is 0.210. The monoisotopic (exact) mass is 387 g/mol. The van der Waals surface area contributed by atoms with Gasteiger partial charge < -0.3 is 9.88 Å². The minimum Gasteiger partial charge on any atom is -0.361 e. The number of piperazine rings is 1. The van der Waals surface area contributed by atoms with Crippen molar-refractivity contribution in [2.45, 2.75) is 19.3 Å². The predicted molar refractivity (Wildman–Crippen MR) is 120 cm³/mol. The summed E-state index contributed by atoms with van der Waals surface area (Å²) in [5.74, 6) is 0.210. The Hall–Kier alpha value is -2.85. The molecule has 2 heterocycles. The molecule has 0 aliphatic carbocycles. The molecule has 0 radical (unpaired) electrons. The number of H-pyrrole nitrogens is 1. The standard InChI is InChI=1S/C25H29N3O/c1-25(2,22-19-26-23-13-7-6-12-21(22)23)24(29)28-17-15-27(16-18-28)14-8-11-20-9-4-3-5-10-20/h3-13,19,26H,14-18H2,1-2H3/b11-8+. The van der Waals surface area contributed by atoms with Gasteiger partial charge >= 0.3 is 0 Å². The molecule has 1 amide bonds. The molecule has 0 atom stereocenters. The van der Waals surface area contributed by atoms with Crippen LogP contribution >= 0.6 is 0 Å². The van der Waals surface area contributed by atoms with Crippen molar-refractivity contribution < 1.29 is 4.79 Å². The van der Waals surface area contributed by atoms with Crippen LogP contribution in [0.3, 0.4) is 0 Å². The van der Waals surface area contributed by atoms with Gasteiger partial charge in [-0.2, -0.15) is 0 Å². The van der Waals surface area contributed by atoms with Crippen molar-refractivity contribution in [2.75, 3.05) is 32.7 Å². The van der Waals surface area contributed by atoms with Crippen LogP contribution in [0.4, 0.5) is 0 Å². The fourth-order valence-corrected chi connectivity index (χ4v) is 4.13. The molecule has 4 nitrogen and oxygen atoms in total. The van der Waals surface area contributed by atoms with Crippen LogP contribution in [0.1, 0.15) is 25.0 Å². The normalized spacial score (nSPS) is 16.0. The molecule has 1 fully saturated rings. The molecular formula is C25H29N3O. The Morgan fingerprint density at radius 3 is 2.45 bits per heavy atom. The second-order valence-electron chi connectivity index (χ2n) is 8.28. The van der Waals surface area contributed by atoms with Crippen LogP contribution in [-0.2, 0) is 10.2 Å². The number of benzene rings is 2. The number of fused-ring (bicyclic) bond motifs is 1. The lowest BCUT2D eigenvalue weighted by Gasteiger charge is -2.38. The molecule has 0 bridgehead atoms. The first-order chi connectivity index (χ1) is 14.1. The Morgan fingerprint density at radius 1 is 1.00 bits per heavy atom. The lowest BCUT2D eigenvalue weighted by molar-refractivity contribution is -0.137. The van der Waals surface area contributed by atoms with E-state index in [9.17, 15) is 4.79 Å². The van der Waals surface area contributed by atoms with Crippen LogP contribution in [0.2, 0.25) is 0 Å². The van der Waals surface area contributed by atoms with Gasteiger partial charge in [0.25, 0.3) is 0 Å². The summed E-state index contributed by atoms with van der Waals surface area (Å²) in [6, 6.07) is 18.6. The van der Waals surface area contributed by atoms with E-state index < -0.39 is 5.41 Å². The largest absolute Gasteiger partial charge is 0.361 e. The van der Waals surface area contributed by atoms with E-state index in [2.05, 4.69) is 58.4 Å². The first-order valence-corrected chi connectivity index (χ1v) is 10.4. The highest BCUT2D eigenvalue weighted by molar-refractivity contribution is 5.94. The van der Waals surface area contributed by atoms with Gasteiger partial charge in [0.2, 0.25) is 5.91 Å². The van der Waals surface area contributed by atoms with Gasteiger partial charge in [-0.25, -0.2) is 0 Å². The summed E-state index contributed by atoms with van der Waals surface area (Å²) in [5, 5.41) is 1.13. The van der Waals surface area contributed by atoms with E-state index in [0.29, 0.717) is 0 Å². The van der Waals surface area contributed by atoms with Gasteiger partial charge in [-0.05, 0) is 31.0 Å². The highest BCUT2D eigenvalue weighted by atomic mass is 16.2. The molecule has 1 aliphatic heterocycles. The Labute approximate surface area is 172 Å². The number of amides is 1. The van der Waals surface area contributed by atoms with Gasteiger partial charge in [-0.1, -0.05) is 60.7 Å². The fourth-order valence-electron chi connectivity index (χ4n) is 4.13. The van der Waals surface area contributed by atoms with Gasteiger partial charge in [0.05, 0.1) is 5.41 Å². The maximum Gasteiger partial charge on any atom is 0.232 e. The molecule has 1 aromatic heterocycles. The fraction of sp³-hybridized carbons (Fsp3) is 0.320. The average Bonchev–Trinajstić information content (AvgIpc) is 3.19. The van der Waals surface area contributed by atoms with E-state index >= 15 is 0 Å². The number of nitrogens with zero attached hydrogens (tertiary/aromatic N) is 2. The van der Waals surface area contributed by atoms with Crippen molar-refractivity contribution in [3.63, 3.8) is 0 Å². The van der Waals surface area contributed by atoms with Crippen molar-refractivity contribution >= 4 is 22.9 Å². The third-order valence-corrected chi connectivity index (χ3v) is 5.93. The zero-order chi connectivity index (χ0) is 20.3. The van der Waals surface area contributed by atoms with Crippen LogP contribution in [0.5, 0.6) is 0 Å². The Balaban J connectivity index is 1.36. The molecule has 1 saturated heterocycles. The molecule has 0 saturated carbocycles. The Kier molecular flexibility index (Phi) is 5.54. The van der Waals surface area contributed by atoms with E-state index in [4.69, 9.17) is 0 Å². The SMILES string of the molecule is CC(C)(C(=O)N1CCN(C/C=C/c2ccccc2)CC1)c1c[nH]c2ccccc12. The van der Waals surface area contributed by atoms with Gasteiger partial charge in [0, 0.05) is 49.8 Å². The van der Waals surface area contributed by atoms with E-state index in [1.807, 2.05) is 43.1 Å². The summed E-state index contributed by atoms with van der Waals surface area (Å²) in [5.41, 5.74) is 2.83. The number of hydrogen-bond donors (Lipinski definition) is 1. The van der Waals surface area contributed by atoms with Crippen molar-refractivity contribution in [3.8, 4) is 0 Å². The maximum atomic E-state index is 13.3. The van der Waals surface area contributed by atoms with Crippen LogP contribution in [-0.4, -0.2) is 53.4 Å². The summed E-state index contributed by atoms with van der Waals surface area (Å²) in [7, 11) is 0. The summed E-state index contributed by atoms with van der Waals surface area (Å²) in [6.45, 7) is 8.39. The number of hydrogen-bond acceptors (Lipinski definition) is 2. The minimum atomic E-state index is -0.547. The molecular weight excluding hydrogens is 358 g/mol. The van der Waals surface area contributed by atoms with Crippen LogP contribution in [0, 0.1) is 0 Å². The summed E-state index contributed by atoms with van der Waals surface area (Å²) >= 11 is 0. The van der Waals surface area contributed by atoms with Crippen molar-refractivity contribution in [3.05, 3.63) is 78.0 Å². The lowest BCUT2D eigenvalue weighted by atomic mass is 9.82. The topological polar surface area (TPSA) is 39.3 Å². The second kappa shape index (κ2) is 8.26. The van der Waals surface area contributed by atoms with Gasteiger partial charge in [-0.3, -0.25) is 9.69 Å². The number of rotatable bonds is 5. The van der Waals surface area contributed by atoms with E-state index in [1.165, 1.54) is 5.56 Å². The summed E-state index contributed by atoms with van der Waals surface area (Å²) in [4.78, 5) is 21.1. The maximum absolute atomic E-state index is 13.3. The van der Waals surface area contributed by atoms with Crippen molar-refractivity contribution in [2.24, 2.45) is 0 Å². The lowest BCUT2D eigenvalue weighted by Crippen LogP contribution is -2.53. The highest BCUT2D eigenvalue weighted by Crippen LogP contribution is 2.32. The first kappa shape index (κ1) is 19.5. The smallest absolute Gasteiger partial charge is 0.232 e. The molecule has 1 N–H and O–H groups in total. The van der Waals surface area contributed by atoms with E-state index in [0.717, 1.165) is 49.2 Å². The zero-order valence-corrected chi connectivity index (χ0v) is 17.3. The van der Waals surface area contributed by atoms with Crippen LogP contribution in [0.15, 0.2) is 66.9 Å². The van der Waals surface area contributed by atoms with Gasteiger partial charge in [-0.15, -0.1) is 0 Å². The number of carbonyl (C=O) groups excluding carboxylic acids is 1. The molecule has 3 aromatic rings. The number of carbonyl (C=O) groups is 1. The first-order valence-electron chi connectivity index (χ1n) is 10.4. The third-order valence-electron chi connectivity index (χ3n) is 5.93. The molecule has 4 rings (SSSR count). The molecule has 0 unspecified atom stereocenters. The second-order valence-corrected chi connectivity index (χ2v) is 8.28. The van der Waals surface area contributed by atoms with Gasteiger partial charge in [0.1, 0.15) is 0 Å². The number of aromatic nitrogens is 1. The highest BCUT2D eigenvalue weighted by Gasteiger charge is 2.36. The molecule has 29 heavy (non-hydrogen) atoms. The van der Waals surface area contributed by atoms with E-state index in [1.54, 1.807) is 0 Å². The summed E-state index contributed by atoms with van der Waals surface area (Å²) in [6.07, 6.45) is 6.37. The molecule has 0 spiro atoms. The molecule has 4 heteroatoms.